The molecule has 4 rings (SSSR count). The van der Waals surface area contributed by atoms with Gasteiger partial charge in [0.1, 0.15) is 17.3 Å². The molecule has 8 nitrogen and oxygen atoms in total. The third kappa shape index (κ3) is 5.03. The van der Waals surface area contributed by atoms with Gasteiger partial charge >= 0.3 is 5.97 Å². The van der Waals surface area contributed by atoms with Crippen molar-refractivity contribution >= 4 is 49.6 Å². The summed E-state index contributed by atoms with van der Waals surface area (Å²) in [6.45, 7) is 1.37. The number of nitrogens with one attached hydrogen (secondary N) is 1. The van der Waals surface area contributed by atoms with Crippen LogP contribution in [0, 0.1) is 5.82 Å². The minimum absolute atomic E-state index is 0.00714. The summed E-state index contributed by atoms with van der Waals surface area (Å²) in [5.74, 6) is -1.55. The molecule has 1 aromatic heterocycles. The zero-order chi connectivity index (χ0) is 26.0. The van der Waals surface area contributed by atoms with E-state index < -0.39 is 27.7 Å². The fourth-order valence-corrected chi connectivity index (χ4v) is 4.93. The van der Waals surface area contributed by atoms with E-state index in [0.717, 1.165) is 9.37 Å². The van der Waals surface area contributed by atoms with Crippen LogP contribution in [-0.2, 0) is 30.9 Å². The number of esters is 1. The summed E-state index contributed by atoms with van der Waals surface area (Å²) in [6, 6.07) is 14.9. The Morgan fingerprint density at radius 2 is 1.83 bits per heavy atom. The molecule has 0 saturated carbocycles. The quantitative estimate of drug-likeness (QED) is 0.328. The molecule has 1 aliphatic rings. The Morgan fingerprint density at radius 1 is 1.14 bits per heavy atom. The van der Waals surface area contributed by atoms with Gasteiger partial charge in [-0.3, -0.25) is 9.69 Å². The van der Waals surface area contributed by atoms with E-state index >= 15 is 0 Å². The van der Waals surface area contributed by atoms with Crippen molar-refractivity contribution in [3.8, 4) is 0 Å². The summed E-state index contributed by atoms with van der Waals surface area (Å²) < 4.78 is 53.2. The van der Waals surface area contributed by atoms with Gasteiger partial charge in [0, 0.05) is 10.2 Å². The van der Waals surface area contributed by atoms with Gasteiger partial charge in [-0.2, -0.15) is 0 Å². The minimum atomic E-state index is -3.78. The summed E-state index contributed by atoms with van der Waals surface area (Å²) >= 11 is 3.26. The van der Waals surface area contributed by atoms with Gasteiger partial charge in [-0.15, -0.1) is 0 Å². The van der Waals surface area contributed by atoms with E-state index in [9.17, 15) is 22.4 Å². The van der Waals surface area contributed by atoms with E-state index in [1.807, 2.05) is 0 Å². The molecule has 0 saturated heterocycles. The Bertz CT molecular complexity index is 1510. The van der Waals surface area contributed by atoms with Crippen LogP contribution < -0.4 is 9.62 Å². The molecule has 0 aliphatic carbocycles. The minimum Gasteiger partial charge on any atom is -0.465 e. The lowest BCUT2D eigenvalue weighted by atomic mass is 10.1. The van der Waals surface area contributed by atoms with E-state index in [1.54, 1.807) is 24.3 Å². The SMILES string of the molecule is COC(=O)C1=C(C)N(c2ccccc2F)C(=O)/C1=C/c1ccc(CNS(=O)(=O)c2ccc(Br)cc2)o1. The number of hydrogen-bond donors (Lipinski definition) is 1. The predicted octanol–water partition coefficient (Wildman–Crippen LogP) is 4.54. The van der Waals surface area contributed by atoms with Crippen molar-refractivity contribution in [2.45, 2.75) is 18.4 Å². The maximum absolute atomic E-state index is 14.4. The van der Waals surface area contributed by atoms with E-state index in [2.05, 4.69) is 20.7 Å². The van der Waals surface area contributed by atoms with Crippen LogP contribution in [-0.4, -0.2) is 27.4 Å². The number of para-hydroxylation sites is 1. The van der Waals surface area contributed by atoms with Crippen LogP contribution in [0.2, 0.25) is 0 Å². The van der Waals surface area contributed by atoms with Crippen molar-refractivity contribution in [3.63, 3.8) is 0 Å². The summed E-state index contributed by atoms with van der Waals surface area (Å²) in [7, 11) is -2.60. The van der Waals surface area contributed by atoms with Crippen molar-refractivity contribution in [2.24, 2.45) is 0 Å². The van der Waals surface area contributed by atoms with Crippen LogP contribution >= 0.6 is 15.9 Å². The number of benzene rings is 2. The fourth-order valence-electron chi connectivity index (χ4n) is 3.68. The van der Waals surface area contributed by atoms with Gasteiger partial charge in [-0.25, -0.2) is 22.3 Å². The van der Waals surface area contributed by atoms with Crippen LogP contribution in [0.1, 0.15) is 18.4 Å². The lowest BCUT2D eigenvalue weighted by Gasteiger charge is -2.18. The highest BCUT2D eigenvalue weighted by Gasteiger charge is 2.39. The number of furan rings is 1. The number of ether oxygens (including phenoxy) is 1. The molecule has 3 aromatic rings. The van der Waals surface area contributed by atoms with Crippen LogP contribution in [0.5, 0.6) is 0 Å². The highest BCUT2D eigenvalue weighted by atomic mass is 79.9. The Morgan fingerprint density at radius 3 is 2.50 bits per heavy atom. The molecule has 0 unspecified atom stereocenters. The molecule has 36 heavy (non-hydrogen) atoms. The zero-order valence-corrected chi connectivity index (χ0v) is 21.5. The molecule has 186 valence electrons. The lowest BCUT2D eigenvalue weighted by Crippen LogP contribution is -2.25. The number of allylic oxidation sites excluding steroid dienone is 1. The highest BCUT2D eigenvalue weighted by Crippen LogP contribution is 2.36. The van der Waals surface area contributed by atoms with Crippen molar-refractivity contribution in [2.75, 3.05) is 12.0 Å². The normalized spacial score (nSPS) is 15.2. The second-order valence-electron chi connectivity index (χ2n) is 7.68. The molecule has 0 fully saturated rings. The Balaban J connectivity index is 1.60. The summed E-state index contributed by atoms with van der Waals surface area (Å²) in [4.78, 5) is 26.9. The standard InChI is InChI=1S/C25H20BrFN2O6S/c1-15-23(25(31)34-2)20(24(30)29(15)22-6-4-3-5-21(22)27)13-17-9-10-18(35-17)14-28-36(32,33)19-11-7-16(26)8-12-19/h3-13,28H,14H2,1-2H3/b20-13+. The number of nitrogens with zero attached hydrogens (tertiary/aromatic N) is 1. The maximum atomic E-state index is 14.4. The molecule has 0 bridgehead atoms. The van der Waals surface area contributed by atoms with Gasteiger partial charge in [-0.05, 0) is 61.5 Å². The first-order valence-electron chi connectivity index (χ1n) is 10.6. The van der Waals surface area contributed by atoms with Crippen molar-refractivity contribution in [1.82, 2.24) is 4.72 Å². The first-order valence-corrected chi connectivity index (χ1v) is 12.8. The molecule has 11 heteroatoms. The Kier molecular flexibility index (Phi) is 7.25. The first-order chi connectivity index (χ1) is 17.1. The number of sulfonamides is 1. The first kappa shape index (κ1) is 25.5. The lowest BCUT2D eigenvalue weighted by molar-refractivity contribution is -0.136. The van der Waals surface area contributed by atoms with Gasteiger partial charge in [0.15, 0.2) is 0 Å². The van der Waals surface area contributed by atoms with Crippen molar-refractivity contribution < 1.29 is 31.6 Å². The number of carbonyl (C=O) groups excluding carboxylic acids is 2. The number of anilines is 1. The monoisotopic (exact) mass is 574 g/mol. The molecule has 0 radical (unpaired) electrons. The molecule has 1 amide bonds. The topological polar surface area (TPSA) is 106 Å². The molecular formula is C25H20BrFN2O6S. The fraction of sp³-hybridized carbons (Fsp3) is 0.120. The average Bonchev–Trinajstić information content (AvgIpc) is 3.40. The van der Waals surface area contributed by atoms with Crippen LogP contribution in [0.25, 0.3) is 6.08 Å². The van der Waals surface area contributed by atoms with E-state index in [1.165, 1.54) is 56.5 Å². The number of hydrogen-bond acceptors (Lipinski definition) is 6. The van der Waals surface area contributed by atoms with Crippen LogP contribution in [0.3, 0.4) is 0 Å². The predicted molar refractivity (Wildman–Crippen MR) is 133 cm³/mol. The third-order valence-corrected chi connectivity index (χ3v) is 7.36. The second-order valence-corrected chi connectivity index (χ2v) is 10.4. The van der Waals surface area contributed by atoms with Gasteiger partial charge in [0.2, 0.25) is 10.0 Å². The molecule has 1 aliphatic heterocycles. The highest BCUT2D eigenvalue weighted by molar-refractivity contribution is 9.10. The largest absolute Gasteiger partial charge is 0.465 e. The van der Waals surface area contributed by atoms with Crippen LogP contribution in [0.4, 0.5) is 10.1 Å². The van der Waals surface area contributed by atoms with E-state index in [-0.39, 0.29) is 45.5 Å². The smallest absolute Gasteiger partial charge is 0.340 e. The van der Waals surface area contributed by atoms with Crippen molar-refractivity contribution in [3.05, 3.63) is 99.3 Å². The third-order valence-electron chi connectivity index (χ3n) is 5.41. The molecule has 2 heterocycles. The molecule has 0 atom stereocenters. The van der Waals surface area contributed by atoms with Crippen molar-refractivity contribution in [1.29, 1.82) is 0 Å². The molecule has 1 N–H and O–H groups in total. The van der Waals surface area contributed by atoms with Crippen LogP contribution in [0.15, 0.2) is 91.3 Å². The number of carbonyl (C=O) groups is 2. The number of halogens is 2. The summed E-state index contributed by atoms with van der Waals surface area (Å²) in [5, 5.41) is 0. The summed E-state index contributed by atoms with van der Waals surface area (Å²) in [5.41, 5.74) is 0.128. The zero-order valence-electron chi connectivity index (χ0n) is 19.1. The van der Waals surface area contributed by atoms with E-state index in [4.69, 9.17) is 9.15 Å². The Hall–Kier alpha value is -3.54. The van der Waals surface area contributed by atoms with Gasteiger partial charge < -0.3 is 9.15 Å². The average molecular weight is 575 g/mol. The molecule has 2 aromatic carbocycles. The van der Waals surface area contributed by atoms with E-state index in [0.29, 0.717) is 0 Å². The number of amides is 1. The summed E-state index contributed by atoms with van der Waals surface area (Å²) in [6.07, 6.45) is 1.34. The van der Waals surface area contributed by atoms with Gasteiger partial charge in [0.25, 0.3) is 5.91 Å². The van der Waals surface area contributed by atoms with Gasteiger partial charge in [0.05, 0.1) is 35.4 Å². The number of rotatable bonds is 7. The maximum Gasteiger partial charge on any atom is 0.340 e. The Labute approximate surface area is 215 Å². The van der Waals surface area contributed by atoms with Gasteiger partial charge in [-0.1, -0.05) is 28.1 Å². The molecule has 0 spiro atoms. The number of methoxy groups -OCH3 is 1. The molecular weight excluding hydrogens is 555 g/mol. The second kappa shape index (κ2) is 10.2.